The number of benzene rings is 2. The molecule has 4 aromatic rings. The fourth-order valence-corrected chi connectivity index (χ4v) is 5.86. The van der Waals surface area contributed by atoms with Gasteiger partial charge >= 0.3 is 0 Å². The second kappa shape index (κ2) is 7.56. The molecule has 0 saturated heterocycles. The molecule has 4 heterocycles. The second-order valence-electron chi connectivity index (χ2n) is 8.36. The van der Waals surface area contributed by atoms with Crippen LogP contribution in [0.1, 0.15) is 17.5 Å². The van der Waals surface area contributed by atoms with Crippen molar-refractivity contribution in [2.75, 3.05) is 23.3 Å². The fraction of sp³-hybridized carbons (Fsp3) is 0.208. The second-order valence-corrected chi connectivity index (χ2v) is 10.0. The van der Waals surface area contributed by atoms with Crippen molar-refractivity contribution in [3.63, 3.8) is 0 Å². The smallest absolute Gasteiger partial charge is 0.262 e. The highest BCUT2D eigenvalue weighted by molar-refractivity contribution is 7.92. The minimum absolute atomic E-state index is 0.101. The van der Waals surface area contributed by atoms with E-state index >= 15 is 0 Å². The highest BCUT2D eigenvalue weighted by Gasteiger charge is 2.33. The van der Waals surface area contributed by atoms with Gasteiger partial charge in [0.05, 0.1) is 29.1 Å². The first-order valence-electron chi connectivity index (χ1n) is 10.9. The van der Waals surface area contributed by atoms with Gasteiger partial charge in [-0.3, -0.25) is 13.9 Å². The summed E-state index contributed by atoms with van der Waals surface area (Å²) in [5.74, 6) is 1.05. The summed E-state index contributed by atoms with van der Waals surface area (Å²) in [4.78, 5) is 22.9. The van der Waals surface area contributed by atoms with Crippen molar-refractivity contribution >= 4 is 33.1 Å². The molecule has 2 aliphatic rings. The van der Waals surface area contributed by atoms with E-state index in [1.165, 1.54) is 7.11 Å². The number of amides is 1. The minimum Gasteiger partial charge on any atom is -0.495 e. The third kappa shape index (κ3) is 3.29. The molecule has 0 atom stereocenters. The summed E-state index contributed by atoms with van der Waals surface area (Å²) in [5.41, 5.74) is 4.37. The van der Waals surface area contributed by atoms with Crippen molar-refractivity contribution in [2.24, 2.45) is 0 Å². The predicted molar refractivity (Wildman–Crippen MR) is 127 cm³/mol. The molecule has 0 saturated carbocycles. The van der Waals surface area contributed by atoms with Gasteiger partial charge < -0.3 is 9.64 Å². The van der Waals surface area contributed by atoms with Gasteiger partial charge in [0.15, 0.2) is 0 Å². The van der Waals surface area contributed by atoms with Gasteiger partial charge in [-0.2, -0.15) is 0 Å². The molecule has 2 aliphatic heterocycles. The van der Waals surface area contributed by atoms with E-state index < -0.39 is 10.0 Å². The standard InChI is InChI=1S/C24H21N5O4S/c1-33-21-5-3-15(20-14-28-9-2-8-25-24(28)26-20)13-19(21)27-34(31,32)18-11-16-4-6-22(30)29-10-7-17(12-18)23(16)29/h2-3,5,8-9,11-14,27H,4,6-7,10H2,1H3. The zero-order valence-electron chi connectivity index (χ0n) is 18.4. The Kier molecular flexibility index (Phi) is 4.59. The number of aromatic nitrogens is 3. The number of carbonyl (C=O) groups is 1. The minimum atomic E-state index is -3.90. The van der Waals surface area contributed by atoms with Gasteiger partial charge in [-0.1, -0.05) is 0 Å². The van der Waals surface area contributed by atoms with E-state index in [-0.39, 0.29) is 10.8 Å². The van der Waals surface area contributed by atoms with Crippen LogP contribution in [0.5, 0.6) is 5.75 Å². The maximum atomic E-state index is 13.4. The number of hydrogen-bond donors (Lipinski definition) is 1. The molecule has 0 fully saturated rings. The normalized spacial score (nSPS) is 15.0. The summed E-state index contributed by atoms with van der Waals surface area (Å²) < 4.78 is 36.7. The number of methoxy groups -OCH3 is 1. The molecule has 34 heavy (non-hydrogen) atoms. The van der Waals surface area contributed by atoms with Gasteiger partial charge in [0.2, 0.25) is 11.7 Å². The van der Waals surface area contributed by atoms with Crippen LogP contribution in [0.3, 0.4) is 0 Å². The SMILES string of the molecule is COc1ccc(-c2cn3cccnc3n2)cc1NS(=O)(=O)c1cc2c3c(c1)CCN3C(=O)CC2. The van der Waals surface area contributed by atoms with Crippen molar-refractivity contribution in [1.82, 2.24) is 14.4 Å². The number of fused-ring (bicyclic) bond motifs is 1. The summed E-state index contributed by atoms with van der Waals surface area (Å²) in [6.45, 7) is 0.599. The Morgan fingerprint density at radius 2 is 1.91 bits per heavy atom. The van der Waals surface area contributed by atoms with Gasteiger partial charge in [-0.25, -0.2) is 18.4 Å². The first-order chi connectivity index (χ1) is 16.4. The number of imidazole rings is 1. The van der Waals surface area contributed by atoms with Crippen LogP contribution in [-0.4, -0.2) is 42.3 Å². The van der Waals surface area contributed by atoms with E-state index in [1.807, 2.05) is 24.5 Å². The third-order valence-electron chi connectivity index (χ3n) is 6.31. The van der Waals surface area contributed by atoms with Crippen LogP contribution < -0.4 is 14.4 Å². The number of ether oxygens (including phenoxy) is 1. The summed E-state index contributed by atoms with van der Waals surface area (Å²) in [6.07, 6.45) is 6.94. The van der Waals surface area contributed by atoms with Crippen LogP contribution in [-0.2, 0) is 27.7 Å². The first kappa shape index (κ1) is 20.7. The predicted octanol–water partition coefficient (Wildman–Crippen LogP) is 3.04. The topological polar surface area (TPSA) is 106 Å². The molecule has 0 spiro atoms. The molecule has 1 N–H and O–H groups in total. The Hall–Kier alpha value is -3.92. The van der Waals surface area contributed by atoms with Crippen LogP contribution in [0.4, 0.5) is 11.4 Å². The van der Waals surface area contributed by atoms with Gasteiger partial charge in [0.1, 0.15) is 5.75 Å². The Bertz CT molecular complexity index is 1540. The number of anilines is 2. The van der Waals surface area contributed by atoms with E-state index in [4.69, 9.17) is 4.74 Å². The molecular formula is C24H21N5O4S. The zero-order chi connectivity index (χ0) is 23.4. The largest absolute Gasteiger partial charge is 0.495 e. The number of aryl methyl sites for hydroxylation is 1. The molecule has 2 aromatic carbocycles. The lowest BCUT2D eigenvalue weighted by Gasteiger charge is -2.25. The maximum absolute atomic E-state index is 13.4. The van der Waals surface area contributed by atoms with E-state index in [0.29, 0.717) is 48.7 Å². The van der Waals surface area contributed by atoms with Crippen molar-refractivity contribution < 1.29 is 17.9 Å². The molecule has 1 amide bonds. The summed E-state index contributed by atoms with van der Waals surface area (Å²) in [7, 11) is -2.41. The van der Waals surface area contributed by atoms with E-state index in [1.54, 1.807) is 39.8 Å². The molecule has 2 aromatic heterocycles. The molecule has 0 radical (unpaired) electrons. The third-order valence-corrected chi connectivity index (χ3v) is 7.66. The Morgan fingerprint density at radius 1 is 1.09 bits per heavy atom. The lowest BCUT2D eigenvalue weighted by Crippen LogP contribution is -2.33. The van der Waals surface area contributed by atoms with Gasteiger partial charge in [-0.05, 0) is 60.4 Å². The van der Waals surface area contributed by atoms with Crippen LogP contribution in [0, 0.1) is 0 Å². The molecule has 0 unspecified atom stereocenters. The van der Waals surface area contributed by atoms with Crippen molar-refractivity contribution in [1.29, 1.82) is 0 Å². The molecule has 0 bridgehead atoms. The highest BCUT2D eigenvalue weighted by Crippen LogP contribution is 2.39. The number of nitrogens with one attached hydrogen (secondary N) is 1. The molecule has 0 aliphatic carbocycles. The van der Waals surface area contributed by atoms with Crippen LogP contribution in [0.25, 0.3) is 17.0 Å². The van der Waals surface area contributed by atoms with Crippen LogP contribution >= 0.6 is 0 Å². The lowest BCUT2D eigenvalue weighted by atomic mass is 10.00. The summed E-state index contributed by atoms with van der Waals surface area (Å²) >= 11 is 0. The molecule has 172 valence electrons. The van der Waals surface area contributed by atoms with Gasteiger partial charge in [0, 0.05) is 37.1 Å². The molecule has 10 heteroatoms. The summed E-state index contributed by atoms with van der Waals surface area (Å²) in [6, 6.07) is 10.4. The first-order valence-corrected chi connectivity index (χ1v) is 12.4. The number of carbonyl (C=O) groups excluding carboxylic acids is 1. The van der Waals surface area contributed by atoms with Gasteiger partial charge in [-0.15, -0.1) is 0 Å². The Balaban J connectivity index is 1.38. The fourth-order valence-electron chi connectivity index (χ4n) is 4.70. The van der Waals surface area contributed by atoms with Gasteiger partial charge in [0.25, 0.3) is 10.0 Å². The number of nitrogens with zero attached hydrogens (tertiary/aromatic N) is 4. The average molecular weight is 476 g/mol. The van der Waals surface area contributed by atoms with E-state index in [2.05, 4.69) is 14.7 Å². The Morgan fingerprint density at radius 3 is 2.71 bits per heavy atom. The molecular weight excluding hydrogens is 454 g/mol. The summed E-state index contributed by atoms with van der Waals surface area (Å²) in [5, 5.41) is 0. The Labute approximate surface area is 196 Å². The molecule has 6 rings (SSSR count). The average Bonchev–Trinajstić information content (AvgIpc) is 3.46. The maximum Gasteiger partial charge on any atom is 0.262 e. The number of sulfonamides is 1. The van der Waals surface area contributed by atoms with Crippen molar-refractivity contribution in [2.45, 2.75) is 24.2 Å². The van der Waals surface area contributed by atoms with Crippen molar-refractivity contribution in [3.8, 4) is 17.0 Å². The molecule has 9 nitrogen and oxygen atoms in total. The van der Waals surface area contributed by atoms with Crippen molar-refractivity contribution in [3.05, 3.63) is 66.1 Å². The monoisotopic (exact) mass is 475 g/mol. The van der Waals surface area contributed by atoms with Crippen LogP contribution in [0.2, 0.25) is 0 Å². The number of rotatable bonds is 5. The number of hydrogen-bond acceptors (Lipinski definition) is 6. The van der Waals surface area contributed by atoms with Crippen LogP contribution in [0.15, 0.2) is 59.9 Å². The lowest BCUT2D eigenvalue weighted by molar-refractivity contribution is -0.118. The highest BCUT2D eigenvalue weighted by atomic mass is 32.2. The quantitative estimate of drug-likeness (QED) is 0.476. The zero-order valence-corrected chi connectivity index (χ0v) is 19.2. The van der Waals surface area contributed by atoms with E-state index in [0.717, 1.165) is 22.4 Å². The van der Waals surface area contributed by atoms with E-state index in [9.17, 15) is 13.2 Å².